The molecule has 2 aromatic rings. The number of alkyl halides is 3. The van der Waals surface area contributed by atoms with Gasteiger partial charge in [0, 0.05) is 0 Å². The van der Waals surface area contributed by atoms with Crippen molar-refractivity contribution in [1.82, 2.24) is 0 Å². The van der Waals surface area contributed by atoms with Gasteiger partial charge in [-0.15, -0.1) is 0 Å². The van der Waals surface area contributed by atoms with Crippen LogP contribution in [0.25, 0.3) is 0 Å². The molecule has 0 aliphatic carbocycles. The van der Waals surface area contributed by atoms with E-state index in [-0.39, 0.29) is 16.3 Å². The van der Waals surface area contributed by atoms with Crippen molar-refractivity contribution >= 4 is 29.2 Å². The van der Waals surface area contributed by atoms with Gasteiger partial charge in [0.05, 0.1) is 21.8 Å². The Labute approximate surface area is 144 Å². The van der Waals surface area contributed by atoms with E-state index < -0.39 is 36.0 Å². The molecule has 1 N–H and O–H groups in total. The Hall–Kier alpha value is -2.61. The molecular formula is C16H10ClF4NO3. The summed E-state index contributed by atoms with van der Waals surface area (Å²) < 4.78 is 55.1. The average Bonchev–Trinajstić information content (AvgIpc) is 2.55. The van der Waals surface area contributed by atoms with E-state index in [4.69, 9.17) is 11.6 Å². The van der Waals surface area contributed by atoms with Crippen molar-refractivity contribution in [3.63, 3.8) is 0 Å². The summed E-state index contributed by atoms with van der Waals surface area (Å²) in [6, 6.07) is 6.65. The van der Waals surface area contributed by atoms with Gasteiger partial charge in [0.15, 0.2) is 6.61 Å². The Morgan fingerprint density at radius 3 is 2.32 bits per heavy atom. The molecule has 0 radical (unpaired) electrons. The standard InChI is InChI=1S/C16H10ClF4NO3/c17-12-6-5-11(18)7-13(12)22-14(23)8-25-15(24)9-1-3-10(4-2-9)16(19,20)21/h1-7H,8H2,(H,22,23). The summed E-state index contributed by atoms with van der Waals surface area (Å²) in [5.41, 5.74) is -1.07. The number of esters is 1. The van der Waals surface area contributed by atoms with Crippen LogP contribution >= 0.6 is 11.6 Å². The van der Waals surface area contributed by atoms with Crippen molar-refractivity contribution in [2.75, 3.05) is 11.9 Å². The second-order valence-electron chi connectivity index (χ2n) is 4.82. The maximum atomic E-state index is 13.1. The minimum atomic E-state index is -4.52. The van der Waals surface area contributed by atoms with E-state index in [2.05, 4.69) is 10.1 Å². The molecule has 0 aliphatic rings. The van der Waals surface area contributed by atoms with E-state index in [0.29, 0.717) is 0 Å². The highest BCUT2D eigenvalue weighted by molar-refractivity contribution is 6.33. The first-order valence-corrected chi connectivity index (χ1v) is 7.14. The number of benzene rings is 2. The number of ether oxygens (including phenoxy) is 1. The molecule has 2 aromatic carbocycles. The number of amides is 1. The molecule has 0 bridgehead atoms. The van der Waals surface area contributed by atoms with Crippen LogP contribution in [0.1, 0.15) is 15.9 Å². The molecule has 1 amide bonds. The number of rotatable bonds is 4. The van der Waals surface area contributed by atoms with E-state index in [9.17, 15) is 27.2 Å². The van der Waals surface area contributed by atoms with Gasteiger partial charge in [0.25, 0.3) is 5.91 Å². The van der Waals surface area contributed by atoms with Crippen LogP contribution in [-0.4, -0.2) is 18.5 Å². The highest BCUT2D eigenvalue weighted by Crippen LogP contribution is 2.29. The lowest BCUT2D eigenvalue weighted by molar-refractivity contribution is -0.137. The van der Waals surface area contributed by atoms with Gasteiger partial charge in [-0.1, -0.05) is 11.6 Å². The Morgan fingerprint density at radius 1 is 1.08 bits per heavy atom. The van der Waals surface area contributed by atoms with Crippen LogP contribution in [0.2, 0.25) is 5.02 Å². The van der Waals surface area contributed by atoms with Crippen molar-refractivity contribution in [1.29, 1.82) is 0 Å². The molecule has 2 rings (SSSR count). The van der Waals surface area contributed by atoms with Gasteiger partial charge in [-0.3, -0.25) is 4.79 Å². The lowest BCUT2D eigenvalue weighted by Crippen LogP contribution is -2.21. The van der Waals surface area contributed by atoms with Gasteiger partial charge in [-0.2, -0.15) is 13.2 Å². The van der Waals surface area contributed by atoms with Crippen LogP contribution in [0.5, 0.6) is 0 Å². The van der Waals surface area contributed by atoms with Crippen molar-refractivity contribution in [2.45, 2.75) is 6.18 Å². The molecule has 0 saturated carbocycles. The van der Waals surface area contributed by atoms with Crippen LogP contribution in [0.3, 0.4) is 0 Å². The van der Waals surface area contributed by atoms with Crippen LogP contribution < -0.4 is 5.32 Å². The zero-order valence-electron chi connectivity index (χ0n) is 12.4. The van der Waals surface area contributed by atoms with Crippen molar-refractivity contribution < 1.29 is 31.9 Å². The van der Waals surface area contributed by atoms with Crippen LogP contribution in [0.4, 0.5) is 23.2 Å². The molecule has 9 heteroatoms. The SMILES string of the molecule is O=C(COC(=O)c1ccc(C(F)(F)F)cc1)Nc1cc(F)ccc1Cl. The number of carbonyl (C=O) groups is 2. The lowest BCUT2D eigenvalue weighted by atomic mass is 10.1. The van der Waals surface area contributed by atoms with Gasteiger partial charge >= 0.3 is 12.1 Å². The molecule has 25 heavy (non-hydrogen) atoms. The molecular weight excluding hydrogens is 366 g/mol. The number of anilines is 1. The first-order chi connectivity index (χ1) is 11.7. The molecule has 0 spiro atoms. The third kappa shape index (κ3) is 5.18. The van der Waals surface area contributed by atoms with Gasteiger partial charge in [0.2, 0.25) is 0 Å². The molecule has 0 aromatic heterocycles. The van der Waals surface area contributed by atoms with Crippen LogP contribution in [-0.2, 0) is 15.7 Å². The topological polar surface area (TPSA) is 55.4 Å². The molecule has 0 fully saturated rings. The van der Waals surface area contributed by atoms with Gasteiger partial charge in [-0.05, 0) is 42.5 Å². The molecule has 132 valence electrons. The van der Waals surface area contributed by atoms with Crippen LogP contribution in [0.15, 0.2) is 42.5 Å². The third-order valence-corrected chi connectivity index (χ3v) is 3.31. The number of nitrogens with one attached hydrogen (secondary N) is 1. The molecule has 0 unspecified atom stereocenters. The predicted octanol–water partition coefficient (Wildman–Crippen LogP) is 4.29. The summed E-state index contributed by atoms with van der Waals surface area (Å²) in [6.45, 7) is -0.716. The van der Waals surface area contributed by atoms with E-state index >= 15 is 0 Å². The smallest absolute Gasteiger partial charge is 0.416 e. The Bertz CT molecular complexity index is 791. The number of halogens is 5. The molecule has 0 atom stereocenters. The highest BCUT2D eigenvalue weighted by atomic mass is 35.5. The monoisotopic (exact) mass is 375 g/mol. The fraction of sp³-hybridized carbons (Fsp3) is 0.125. The Morgan fingerprint density at radius 2 is 1.72 bits per heavy atom. The summed E-state index contributed by atoms with van der Waals surface area (Å²) in [4.78, 5) is 23.4. The fourth-order valence-electron chi connectivity index (χ4n) is 1.79. The second kappa shape index (κ2) is 7.52. The zero-order valence-corrected chi connectivity index (χ0v) is 13.1. The Balaban J connectivity index is 1.93. The van der Waals surface area contributed by atoms with Gasteiger partial charge in [0.1, 0.15) is 5.82 Å². The minimum absolute atomic E-state index is 0.00255. The molecule has 4 nitrogen and oxygen atoms in total. The predicted molar refractivity (Wildman–Crippen MR) is 81.8 cm³/mol. The molecule has 0 aliphatic heterocycles. The van der Waals surface area contributed by atoms with E-state index in [1.165, 1.54) is 6.07 Å². The molecule has 0 saturated heterocycles. The molecule has 0 heterocycles. The largest absolute Gasteiger partial charge is 0.452 e. The third-order valence-electron chi connectivity index (χ3n) is 2.98. The van der Waals surface area contributed by atoms with E-state index in [1.54, 1.807) is 0 Å². The minimum Gasteiger partial charge on any atom is -0.452 e. The maximum absolute atomic E-state index is 13.1. The van der Waals surface area contributed by atoms with E-state index in [0.717, 1.165) is 36.4 Å². The first kappa shape index (κ1) is 18.7. The van der Waals surface area contributed by atoms with E-state index in [1.807, 2.05) is 0 Å². The maximum Gasteiger partial charge on any atom is 0.416 e. The number of hydrogen-bond acceptors (Lipinski definition) is 3. The van der Waals surface area contributed by atoms with Crippen molar-refractivity contribution in [3.05, 3.63) is 64.4 Å². The fourth-order valence-corrected chi connectivity index (χ4v) is 1.95. The second-order valence-corrected chi connectivity index (χ2v) is 5.23. The summed E-state index contributed by atoms with van der Waals surface area (Å²) in [5, 5.41) is 2.34. The first-order valence-electron chi connectivity index (χ1n) is 6.76. The average molecular weight is 376 g/mol. The highest BCUT2D eigenvalue weighted by Gasteiger charge is 2.30. The van der Waals surface area contributed by atoms with Crippen molar-refractivity contribution in [3.8, 4) is 0 Å². The summed E-state index contributed by atoms with van der Waals surface area (Å²) >= 11 is 5.77. The quantitative estimate of drug-likeness (QED) is 0.640. The lowest BCUT2D eigenvalue weighted by Gasteiger charge is -2.09. The van der Waals surface area contributed by atoms with Crippen molar-refractivity contribution in [2.24, 2.45) is 0 Å². The zero-order chi connectivity index (χ0) is 18.6. The van der Waals surface area contributed by atoms with Crippen LogP contribution in [0, 0.1) is 5.82 Å². The Kier molecular flexibility index (Phi) is 5.63. The number of carbonyl (C=O) groups excluding carboxylic acids is 2. The number of hydrogen-bond donors (Lipinski definition) is 1. The normalized spacial score (nSPS) is 11.1. The van der Waals surface area contributed by atoms with Gasteiger partial charge in [-0.25, -0.2) is 9.18 Å². The van der Waals surface area contributed by atoms with Gasteiger partial charge < -0.3 is 10.1 Å². The summed E-state index contributed by atoms with van der Waals surface area (Å²) in [7, 11) is 0. The summed E-state index contributed by atoms with van der Waals surface area (Å²) in [5.74, 6) is -2.39. The summed E-state index contributed by atoms with van der Waals surface area (Å²) in [6.07, 6.45) is -4.52.